The molecule has 0 N–H and O–H groups in total. The van der Waals surface area contributed by atoms with Gasteiger partial charge in [0.15, 0.2) is 0 Å². The van der Waals surface area contributed by atoms with E-state index in [4.69, 9.17) is 0 Å². The number of hydrogen-bond acceptors (Lipinski definition) is 3. The average Bonchev–Trinajstić information content (AvgIpc) is 3.04. The zero-order valence-electron chi connectivity index (χ0n) is 16.3. The Morgan fingerprint density at radius 1 is 0.800 bits per heavy atom. The Hall–Kier alpha value is -3.73. The second kappa shape index (κ2) is 7.26. The third kappa shape index (κ3) is 2.99. The van der Waals surface area contributed by atoms with Crippen LogP contribution in [0, 0.1) is 0 Å². The third-order valence-electron chi connectivity index (χ3n) is 5.92. The lowest BCUT2D eigenvalue weighted by Crippen LogP contribution is -2.45. The number of fused-ring (bicyclic) bond motifs is 2. The number of rotatable bonds is 3. The first-order valence-electron chi connectivity index (χ1n) is 9.99. The van der Waals surface area contributed by atoms with Crippen LogP contribution in [0.2, 0.25) is 0 Å². The van der Waals surface area contributed by atoms with Gasteiger partial charge < -0.3 is 4.90 Å². The van der Waals surface area contributed by atoms with Crippen LogP contribution in [0.25, 0.3) is 0 Å². The van der Waals surface area contributed by atoms with Crippen molar-refractivity contribution >= 4 is 17.7 Å². The van der Waals surface area contributed by atoms with Crippen LogP contribution in [0.5, 0.6) is 0 Å². The van der Waals surface area contributed by atoms with E-state index in [2.05, 4.69) is 18.2 Å². The average molecular weight is 396 g/mol. The van der Waals surface area contributed by atoms with Gasteiger partial charge in [-0.1, -0.05) is 66.7 Å². The SMILES string of the molecule is O=C(CN1C(=O)c2ccccc2C1=O)N1Cc2ccccc2[C@@H](c2ccccc2)C1. The fourth-order valence-electron chi connectivity index (χ4n) is 4.39. The van der Waals surface area contributed by atoms with Crippen LogP contribution in [0.4, 0.5) is 0 Å². The maximum atomic E-state index is 13.2. The number of hydrogen-bond donors (Lipinski definition) is 0. The minimum absolute atomic E-state index is 0.0577. The standard InChI is InChI=1S/C25H20N2O3/c28-23(16-27-24(29)20-12-6-7-13-21(20)25(27)30)26-14-18-10-4-5-11-19(18)22(15-26)17-8-2-1-3-9-17/h1-13,22H,14-16H2/t22-/m1/s1. The van der Waals surface area contributed by atoms with Crippen LogP contribution in [0.1, 0.15) is 43.3 Å². The van der Waals surface area contributed by atoms with Gasteiger partial charge in [0.05, 0.1) is 11.1 Å². The van der Waals surface area contributed by atoms with Gasteiger partial charge in [-0.2, -0.15) is 0 Å². The van der Waals surface area contributed by atoms with Gasteiger partial charge in [-0.05, 0) is 28.8 Å². The maximum absolute atomic E-state index is 13.2. The quantitative estimate of drug-likeness (QED) is 0.637. The lowest BCUT2D eigenvalue weighted by atomic mass is 9.84. The van der Waals surface area contributed by atoms with E-state index in [0.29, 0.717) is 24.2 Å². The molecule has 3 amide bonds. The smallest absolute Gasteiger partial charge is 0.262 e. The van der Waals surface area contributed by atoms with Crippen LogP contribution in [0.3, 0.4) is 0 Å². The summed E-state index contributed by atoms with van der Waals surface area (Å²) in [7, 11) is 0. The van der Waals surface area contributed by atoms with E-state index in [-0.39, 0.29) is 18.4 Å². The molecule has 0 saturated carbocycles. The van der Waals surface area contributed by atoms with Gasteiger partial charge >= 0.3 is 0 Å². The molecule has 0 saturated heterocycles. The highest BCUT2D eigenvalue weighted by atomic mass is 16.2. The first-order chi connectivity index (χ1) is 14.6. The molecule has 3 aromatic rings. The molecule has 30 heavy (non-hydrogen) atoms. The molecule has 0 spiro atoms. The minimum atomic E-state index is -0.402. The number of imide groups is 1. The first-order valence-corrected chi connectivity index (χ1v) is 9.99. The molecule has 0 bridgehead atoms. The van der Waals surface area contributed by atoms with E-state index in [1.807, 2.05) is 36.4 Å². The van der Waals surface area contributed by atoms with Gasteiger partial charge in [0.2, 0.25) is 5.91 Å². The summed E-state index contributed by atoms with van der Waals surface area (Å²) in [5.74, 6) is -0.968. The lowest BCUT2D eigenvalue weighted by molar-refractivity contribution is -0.132. The predicted octanol–water partition coefficient (Wildman–Crippen LogP) is 3.46. The molecule has 0 aromatic heterocycles. The zero-order chi connectivity index (χ0) is 20.7. The van der Waals surface area contributed by atoms with Crippen molar-refractivity contribution in [1.82, 2.24) is 9.80 Å². The molecule has 2 aliphatic heterocycles. The molecule has 5 rings (SSSR count). The second-order valence-corrected chi connectivity index (χ2v) is 7.68. The van der Waals surface area contributed by atoms with Crippen molar-refractivity contribution in [2.75, 3.05) is 13.1 Å². The summed E-state index contributed by atoms with van der Waals surface area (Å²) in [6.07, 6.45) is 0. The largest absolute Gasteiger partial charge is 0.336 e. The van der Waals surface area contributed by atoms with Crippen molar-refractivity contribution in [1.29, 1.82) is 0 Å². The van der Waals surface area contributed by atoms with Gasteiger partial charge in [0, 0.05) is 19.0 Å². The first kappa shape index (κ1) is 18.3. The second-order valence-electron chi connectivity index (χ2n) is 7.68. The molecule has 5 nitrogen and oxygen atoms in total. The molecule has 148 valence electrons. The van der Waals surface area contributed by atoms with Gasteiger partial charge in [0.1, 0.15) is 6.54 Å². The summed E-state index contributed by atoms with van der Waals surface area (Å²) in [5.41, 5.74) is 4.17. The summed E-state index contributed by atoms with van der Waals surface area (Å²) in [5, 5.41) is 0. The Kier molecular flexibility index (Phi) is 4.43. The van der Waals surface area contributed by atoms with Crippen LogP contribution in [-0.4, -0.2) is 40.6 Å². The lowest BCUT2D eigenvalue weighted by Gasteiger charge is -2.35. The van der Waals surface area contributed by atoms with Gasteiger partial charge in [-0.3, -0.25) is 19.3 Å². The normalized spacial score (nSPS) is 17.7. The van der Waals surface area contributed by atoms with E-state index in [1.54, 1.807) is 29.2 Å². The van der Waals surface area contributed by atoms with Crippen molar-refractivity contribution in [2.45, 2.75) is 12.5 Å². The van der Waals surface area contributed by atoms with Crippen molar-refractivity contribution in [2.24, 2.45) is 0 Å². The van der Waals surface area contributed by atoms with Crippen molar-refractivity contribution in [3.8, 4) is 0 Å². The number of nitrogens with zero attached hydrogens (tertiary/aromatic N) is 2. The zero-order valence-corrected chi connectivity index (χ0v) is 16.3. The summed E-state index contributed by atoms with van der Waals surface area (Å²) in [6.45, 7) is 0.751. The molecule has 5 heteroatoms. The number of carbonyl (C=O) groups is 3. The van der Waals surface area contributed by atoms with Crippen molar-refractivity contribution < 1.29 is 14.4 Å². The Bertz CT molecular complexity index is 1120. The fraction of sp³-hybridized carbons (Fsp3) is 0.160. The summed E-state index contributed by atoms with van der Waals surface area (Å²) in [6, 6.07) is 24.9. The third-order valence-corrected chi connectivity index (χ3v) is 5.92. The molecule has 0 fully saturated rings. The monoisotopic (exact) mass is 396 g/mol. The van der Waals surface area contributed by atoms with Crippen molar-refractivity contribution in [3.63, 3.8) is 0 Å². The molecule has 2 aliphatic rings. The Labute approximate surface area is 174 Å². The van der Waals surface area contributed by atoms with E-state index >= 15 is 0 Å². The highest BCUT2D eigenvalue weighted by Crippen LogP contribution is 2.33. The van der Waals surface area contributed by atoms with E-state index in [1.165, 1.54) is 5.56 Å². The summed E-state index contributed by atoms with van der Waals surface area (Å²) >= 11 is 0. The van der Waals surface area contributed by atoms with E-state index in [9.17, 15) is 14.4 Å². The molecule has 0 radical (unpaired) electrons. The molecule has 2 heterocycles. The van der Waals surface area contributed by atoms with Gasteiger partial charge in [0.25, 0.3) is 11.8 Å². The number of carbonyl (C=O) groups excluding carboxylic acids is 3. The Morgan fingerprint density at radius 3 is 2.10 bits per heavy atom. The van der Waals surface area contributed by atoms with Gasteiger partial charge in [-0.25, -0.2) is 0 Å². The van der Waals surface area contributed by atoms with Crippen LogP contribution in [-0.2, 0) is 11.3 Å². The highest BCUT2D eigenvalue weighted by Gasteiger charge is 2.38. The molecule has 0 aliphatic carbocycles. The predicted molar refractivity (Wildman–Crippen MR) is 112 cm³/mol. The van der Waals surface area contributed by atoms with Gasteiger partial charge in [-0.15, -0.1) is 0 Å². The highest BCUT2D eigenvalue weighted by molar-refractivity contribution is 6.22. The Morgan fingerprint density at radius 2 is 1.40 bits per heavy atom. The van der Waals surface area contributed by atoms with Crippen LogP contribution >= 0.6 is 0 Å². The molecular weight excluding hydrogens is 376 g/mol. The van der Waals surface area contributed by atoms with E-state index < -0.39 is 11.8 Å². The molecule has 1 atom stereocenters. The molecular formula is C25H20N2O3. The van der Waals surface area contributed by atoms with Crippen LogP contribution in [0.15, 0.2) is 78.9 Å². The summed E-state index contributed by atoms with van der Waals surface area (Å²) < 4.78 is 0. The van der Waals surface area contributed by atoms with E-state index in [0.717, 1.165) is 16.0 Å². The fourth-order valence-corrected chi connectivity index (χ4v) is 4.39. The van der Waals surface area contributed by atoms with Crippen LogP contribution < -0.4 is 0 Å². The number of amides is 3. The molecule has 3 aromatic carbocycles. The molecule has 0 unspecified atom stereocenters. The number of benzene rings is 3. The topological polar surface area (TPSA) is 57.7 Å². The minimum Gasteiger partial charge on any atom is -0.336 e. The maximum Gasteiger partial charge on any atom is 0.262 e. The summed E-state index contributed by atoms with van der Waals surface area (Å²) in [4.78, 5) is 41.3. The Balaban J connectivity index is 1.41. The van der Waals surface area contributed by atoms with Crippen molar-refractivity contribution in [3.05, 3.63) is 107 Å².